The van der Waals surface area contributed by atoms with Crippen LogP contribution in [0, 0.1) is 0 Å². The molecule has 6 heteroatoms. The predicted molar refractivity (Wildman–Crippen MR) is 99.6 cm³/mol. The molecule has 130 valence electrons. The highest BCUT2D eigenvalue weighted by Gasteiger charge is 2.16. The first kappa shape index (κ1) is 16.6. The van der Waals surface area contributed by atoms with E-state index in [1.165, 1.54) is 0 Å². The number of pyridine rings is 1. The Kier molecular flexibility index (Phi) is 4.56. The van der Waals surface area contributed by atoms with Gasteiger partial charge in [0.25, 0.3) is 0 Å². The second kappa shape index (κ2) is 7.15. The van der Waals surface area contributed by atoms with Gasteiger partial charge in [0.05, 0.1) is 17.7 Å². The van der Waals surface area contributed by atoms with Crippen LogP contribution in [0.3, 0.4) is 0 Å². The van der Waals surface area contributed by atoms with Crippen molar-refractivity contribution in [3.8, 4) is 22.9 Å². The first-order valence-corrected chi connectivity index (χ1v) is 8.54. The Balaban J connectivity index is 1.61. The van der Waals surface area contributed by atoms with Gasteiger partial charge in [0.1, 0.15) is 5.76 Å². The molecule has 3 heterocycles. The van der Waals surface area contributed by atoms with E-state index in [-0.39, 0.29) is 0 Å². The lowest BCUT2D eigenvalue weighted by atomic mass is 10.1. The van der Waals surface area contributed by atoms with Crippen LogP contribution in [0.1, 0.15) is 11.7 Å². The Hall–Kier alpha value is -2.89. The number of hydrogen-bond acceptors (Lipinski definition) is 4. The van der Waals surface area contributed by atoms with Crippen molar-refractivity contribution < 1.29 is 9.52 Å². The van der Waals surface area contributed by atoms with Crippen molar-refractivity contribution in [2.75, 3.05) is 0 Å². The fraction of sp³-hybridized carbons (Fsp3) is 0.100. The van der Waals surface area contributed by atoms with Crippen LogP contribution in [-0.4, -0.2) is 19.6 Å². The monoisotopic (exact) mass is 365 g/mol. The SMILES string of the molecule is O[C@H](Cn1ccnc1-c1ccc(-c2ccccc2Cl)o1)c1cccnc1. The Bertz CT molecular complexity index is 1010. The third-order valence-corrected chi connectivity index (χ3v) is 4.45. The summed E-state index contributed by atoms with van der Waals surface area (Å²) >= 11 is 6.24. The van der Waals surface area contributed by atoms with Crippen molar-refractivity contribution in [2.45, 2.75) is 12.6 Å². The summed E-state index contributed by atoms with van der Waals surface area (Å²) in [7, 11) is 0. The summed E-state index contributed by atoms with van der Waals surface area (Å²) in [5.74, 6) is 1.93. The number of aromatic nitrogens is 3. The maximum Gasteiger partial charge on any atom is 0.176 e. The summed E-state index contributed by atoms with van der Waals surface area (Å²) in [5, 5.41) is 11.1. The molecule has 3 aromatic heterocycles. The molecule has 5 nitrogen and oxygen atoms in total. The smallest absolute Gasteiger partial charge is 0.176 e. The largest absolute Gasteiger partial charge is 0.453 e. The molecule has 1 atom stereocenters. The lowest BCUT2D eigenvalue weighted by Gasteiger charge is -2.13. The summed E-state index contributed by atoms with van der Waals surface area (Å²) in [6, 6.07) is 14.9. The van der Waals surface area contributed by atoms with Crippen molar-refractivity contribution in [2.24, 2.45) is 0 Å². The van der Waals surface area contributed by atoms with Crippen LogP contribution >= 0.6 is 11.6 Å². The number of aliphatic hydroxyl groups excluding tert-OH is 1. The predicted octanol–water partition coefficient (Wildman–Crippen LogP) is 4.59. The Morgan fingerprint density at radius 1 is 1.04 bits per heavy atom. The third kappa shape index (κ3) is 3.27. The number of furan rings is 1. The van der Waals surface area contributed by atoms with Gasteiger partial charge in [-0.25, -0.2) is 4.98 Å². The van der Waals surface area contributed by atoms with E-state index >= 15 is 0 Å². The molecule has 1 aromatic carbocycles. The molecule has 0 saturated carbocycles. The van der Waals surface area contributed by atoms with Gasteiger partial charge in [0.2, 0.25) is 0 Å². The Labute approximate surface area is 155 Å². The first-order valence-electron chi connectivity index (χ1n) is 8.16. The van der Waals surface area contributed by atoms with E-state index in [1.807, 2.05) is 53.2 Å². The molecule has 0 bridgehead atoms. The molecule has 0 aliphatic carbocycles. The minimum absolute atomic E-state index is 0.350. The van der Waals surface area contributed by atoms with Gasteiger partial charge in [-0.05, 0) is 30.3 Å². The van der Waals surface area contributed by atoms with E-state index in [2.05, 4.69) is 9.97 Å². The number of halogens is 1. The number of rotatable bonds is 5. The molecule has 1 N–H and O–H groups in total. The molecule has 4 aromatic rings. The second-order valence-corrected chi connectivity index (χ2v) is 6.26. The molecular formula is C20H16ClN3O2. The van der Waals surface area contributed by atoms with Crippen LogP contribution in [0.4, 0.5) is 0 Å². The molecule has 0 aliphatic heterocycles. The molecule has 0 radical (unpaired) electrons. The fourth-order valence-corrected chi connectivity index (χ4v) is 3.04. The van der Waals surface area contributed by atoms with Gasteiger partial charge in [0.15, 0.2) is 11.6 Å². The zero-order chi connectivity index (χ0) is 17.9. The van der Waals surface area contributed by atoms with Crippen LogP contribution in [0.5, 0.6) is 0 Å². The van der Waals surface area contributed by atoms with Gasteiger partial charge in [-0.3, -0.25) is 4.98 Å². The summed E-state index contributed by atoms with van der Waals surface area (Å²) in [5.41, 5.74) is 1.58. The molecule has 0 unspecified atom stereocenters. The van der Waals surface area contributed by atoms with Gasteiger partial charge >= 0.3 is 0 Å². The normalized spacial score (nSPS) is 12.2. The lowest BCUT2D eigenvalue weighted by molar-refractivity contribution is 0.156. The summed E-state index contributed by atoms with van der Waals surface area (Å²) in [4.78, 5) is 8.42. The minimum atomic E-state index is -0.686. The van der Waals surface area contributed by atoms with E-state index in [0.29, 0.717) is 28.9 Å². The van der Waals surface area contributed by atoms with Gasteiger partial charge in [-0.1, -0.05) is 29.8 Å². The quantitative estimate of drug-likeness (QED) is 0.561. The van der Waals surface area contributed by atoms with Gasteiger partial charge in [-0.15, -0.1) is 0 Å². The van der Waals surface area contributed by atoms with Crippen LogP contribution in [0.2, 0.25) is 5.02 Å². The zero-order valence-corrected chi connectivity index (χ0v) is 14.5. The summed E-state index contributed by atoms with van der Waals surface area (Å²) < 4.78 is 7.82. The van der Waals surface area contributed by atoms with Gasteiger partial charge in [0, 0.05) is 35.9 Å². The van der Waals surface area contributed by atoms with Crippen molar-refractivity contribution in [1.82, 2.24) is 14.5 Å². The summed E-state index contributed by atoms with van der Waals surface area (Å²) in [6.07, 6.45) is 6.15. The molecular weight excluding hydrogens is 350 g/mol. The lowest BCUT2D eigenvalue weighted by Crippen LogP contribution is -2.09. The molecule has 0 aliphatic rings. The summed E-state index contributed by atoms with van der Waals surface area (Å²) in [6.45, 7) is 0.350. The standard InChI is InChI=1S/C20H16ClN3O2/c21-16-6-2-1-5-15(16)18-7-8-19(26-18)20-23-10-11-24(20)13-17(25)14-4-3-9-22-12-14/h1-12,17,25H,13H2/t17-/m1/s1. The molecule has 0 fully saturated rings. The van der Waals surface area contributed by atoms with Gasteiger partial charge < -0.3 is 14.1 Å². The van der Waals surface area contributed by atoms with Crippen molar-refractivity contribution in [1.29, 1.82) is 0 Å². The fourth-order valence-electron chi connectivity index (χ4n) is 2.81. The first-order chi connectivity index (χ1) is 12.7. The number of benzene rings is 1. The highest BCUT2D eigenvalue weighted by molar-refractivity contribution is 6.33. The van der Waals surface area contributed by atoms with Crippen LogP contribution in [0.25, 0.3) is 22.9 Å². The molecule has 0 spiro atoms. The van der Waals surface area contributed by atoms with Crippen LogP contribution in [0.15, 0.2) is 77.7 Å². The minimum Gasteiger partial charge on any atom is -0.453 e. The number of nitrogens with zero attached hydrogens (tertiary/aromatic N) is 3. The maximum atomic E-state index is 10.4. The third-order valence-electron chi connectivity index (χ3n) is 4.12. The van der Waals surface area contributed by atoms with Crippen LogP contribution < -0.4 is 0 Å². The van der Waals surface area contributed by atoms with Crippen LogP contribution in [-0.2, 0) is 6.54 Å². The molecule has 4 rings (SSSR count). The zero-order valence-electron chi connectivity index (χ0n) is 13.8. The molecule has 0 saturated heterocycles. The number of hydrogen-bond donors (Lipinski definition) is 1. The Morgan fingerprint density at radius 2 is 1.88 bits per heavy atom. The van der Waals surface area contributed by atoms with Crippen molar-refractivity contribution >= 4 is 11.6 Å². The van der Waals surface area contributed by atoms with E-state index in [1.54, 1.807) is 24.7 Å². The Morgan fingerprint density at radius 3 is 2.69 bits per heavy atom. The average Bonchev–Trinajstić information content (AvgIpc) is 3.32. The molecule has 0 amide bonds. The highest BCUT2D eigenvalue weighted by Crippen LogP contribution is 2.32. The maximum absolute atomic E-state index is 10.4. The second-order valence-electron chi connectivity index (χ2n) is 5.85. The number of imidazole rings is 1. The van der Waals surface area contributed by atoms with E-state index in [9.17, 15) is 5.11 Å². The van der Waals surface area contributed by atoms with E-state index < -0.39 is 6.10 Å². The van der Waals surface area contributed by atoms with E-state index in [4.69, 9.17) is 16.0 Å². The molecule has 26 heavy (non-hydrogen) atoms. The van der Waals surface area contributed by atoms with E-state index in [0.717, 1.165) is 11.1 Å². The topological polar surface area (TPSA) is 64.1 Å². The van der Waals surface area contributed by atoms with Gasteiger partial charge in [-0.2, -0.15) is 0 Å². The number of aliphatic hydroxyl groups is 1. The van der Waals surface area contributed by atoms with Crippen molar-refractivity contribution in [3.05, 3.63) is 83.9 Å². The average molecular weight is 366 g/mol. The highest BCUT2D eigenvalue weighted by atomic mass is 35.5. The van der Waals surface area contributed by atoms with Crippen molar-refractivity contribution in [3.63, 3.8) is 0 Å².